The molecule has 5 rings (SSSR count). The van der Waals surface area contributed by atoms with E-state index in [4.69, 9.17) is 14.9 Å². The fourth-order valence-corrected chi connectivity index (χ4v) is 4.63. The predicted octanol–water partition coefficient (Wildman–Crippen LogP) is 3.94. The molecule has 10 nitrogen and oxygen atoms in total. The second-order valence-electron chi connectivity index (χ2n) is 8.89. The fourth-order valence-electron chi connectivity index (χ4n) is 4.63. The van der Waals surface area contributed by atoms with Gasteiger partial charge in [0.05, 0.1) is 19.3 Å². The highest BCUT2D eigenvalue weighted by atomic mass is 19.4. The molecule has 1 fully saturated rings. The Bertz CT molecular complexity index is 1520. The smallest absolute Gasteiger partial charge is 0.433 e. The lowest BCUT2D eigenvalue weighted by atomic mass is 10.1. The SMILES string of the molecule is COc1ccc(-c2nc(C(=O)N3CCC[C@@H]3c3nccc[n+]3[O-])c([C@H](C)N)o2)c2ccc(C(F)(F)F)nc12. The van der Waals surface area contributed by atoms with E-state index < -0.39 is 29.9 Å². The second-order valence-corrected chi connectivity index (χ2v) is 8.89. The van der Waals surface area contributed by atoms with Crippen molar-refractivity contribution >= 4 is 16.8 Å². The van der Waals surface area contributed by atoms with E-state index in [2.05, 4.69) is 15.0 Å². The van der Waals surface area contributed by atoms with Gasteiger partial charge in [-0.15, -0.1) is 0 Å². The minimum atomic E-state index is -4.65. The summed E-state index contributed by atoms with van der Waals surface area (Å²) in [6.45, 7) is 1.99. The van der Waals surface area contributed by atoms with Crippen LogP contribution in [0.1, 0.15) is 59.6 Å². The number of halogens is 3. The molecule has 0 aliphatic carbocycles. The topological polar surface area (TPSA) is 134 Å². The zero-order valence-electron chi connectivity index (χ0n) is 20.4. The molecule has 2 N–H and O–H groups in total. The quantitative estimate of drug-likeness (QED) is 0.304. The molecular weight excluding hydrogens is 505 g/mol. The molecule has 4 aromatic rings. The number of amides is 1. The first-order chi connectivity index (χ1) is 18.1. The highest BCUT2D eigenvalue weighted by Gasteiger charge is 2.39. The molecule has 1 saturated heterocycles. The summed E-state index contributed by atoms with van der Waals surface area (Å²) in [5.41, 5.74) is 5.26. The van der Waals surface area contributed by atoms with Crippen LogP contribution in [0.5, 0.6) is 5.75 Å². The van der Waals surface area contributed by atoms with Gasteiger partial charge in [-0.2, -0.15) is 13.2 Å². The Morgan fingerprint density at radius 3 is 2.76 bits per heavy atom. The third kappa shape index (κ3) is 4.38. The number of oxazole rings is 1. The number of nitrogens with two attached hydrogens (primary N) is 1. The number of ether oxygens (including phenoxy) is 1. The number of fused-ring (bicyclic) bond motifs is 1. The van der Waals surface area contributed by atoms with E-state index in [9.17, 15) is 23.2 Å². The van der Waals surface area contributed by atoms with Crippen molar-refractivity contribution in [2.24, 2.45) is 5.73 Å². The highest BCUT2D eigenvalue weighted by Crippen LogP contribution is 2.38. The number of hydrogen-bond acceptors (Lipinski definition) is 8. The predicted molar refractivity (Wildman–Crippen MR) is 128 cm³/mol. The van der Waals surface area contributed by atoms with E-state index in [-0.39, 0.29) is 39.8 Å². The summed E-state index contributed by atoms with van der Waals surface area (Å²) in [6, 6.07) is 5.34. The molecule has 0 saturated carbocycles. The summed E-state index contributed by atoms with van der Waals surface area (Å²) in [5.74, 6) is -0.0722. The van der Waals surface area contributed by atoms with Gasteiger partial charge in [0.15, 0.2) is 11.5 Å². The number of likely N-dealkylation sites (tertiary alicyclic amines) is 1. The van der Waals surface area contributed by atoms with Crippen molar-refractivity contribution in [1.29, 1.82) is 0 Å². The zero-order valence-corrected chi connectivity index (χ0v) is 20.4. The van der Waals surface area contributed by atoms with Crippen LogP contribution in [-0.2, 0) is 6.18 Å². The molecule has 4 heterocycles. The summed E-state index contributed by atoms with van der Waals surface area (Å²) < 4.78 is 51.7. The molecule has 13 heteroatoms. The van der Waals surface area contributed by atoms with E-state index in [0.29, 0.717) is 29.7 Å². The van der Waals surface area contributed by atoms with Gasteiger partial charge in [0.2, 0.25) is 5.89 Å². The van der Waals surface area contributed by atoms with E-state index in [1.165, 1.54) is 42.6 Å². The van der Waals surface area contributed by atoms with Crippen LogP contribution in [0.2, 0.25) is 0 Å². The van der Waals surface area contributed by atoms with Crippen molar-refractivity contribution < 1.29 is 31.9 Å². The van der Waals surface area contributed by atoms with Gasteiger partial charge < -0.3 is 25.0 Å². The van der Waals surface area contributed by atoms with Gasteiger partial charge in [-0.3, -0.25) is 4.79 Å². The normalized spacial score (nSPS) is 16.7. The molecule has 0 spiro atoms. The number of nitrogens with zero attached hydrogens (tertiary/aromatic N) is 5. The minimum Gasteiger partial charge on any atom is -0.711 e. The first kappa shape index (κ1) is 25.4. The summed E-state index contributed by atoms with van der Waals surface area (Å²) in [7, 11) is 1.33. The number of carbonyl (C=O) groups is 1. The maximum Gasteiger partial charge on any atom is 0.433 e. The standard InChI is InChI=1S/C25H23F3N6O4/c1-13(29)21-20(24(35)33-11-3-5-16(33)22-30-10-4-12-34(22)36)32-23(38-21)15-6-8-17(37-2)19-14(15)7-9-18(31-19)25(26,27)28/h4,6-10,12-13,16H,3,5,11,29H2,1-2H3/t13-,16+/m0/s1. The van der Waals surface area contributed by atoms with Crippen LogP contribution in [0.25, 0.3) is 22.4 Å². The average Bonchev–Trinajstić information content (AvgIpc) is 3.55. The second kappa shape index (κ2) is 9.56. The summed E-state index contributed by atoms with van der Waals surface area (Å²) >= 11 is 0. The first-order valence-corrected chi connectivity index (χ1v) is 11.8. The van der Waals surface area contributed by atoms with Crippen molar-refractivity contribution in [2.75, 3.05) is 13.7 Å². The number of rotatable bonds is 5. The lowest BCUT2D eigenvalue weighted by Crippen LogP contribution is -2.40. The van der Waals surface area contributed by atoms with E-state index in [0.717, 1.165) is 6.07 Å². The Balaban J connectivity index is 1.60. The third-order valence-corrected chi connectivity index (χ3v) is 6.38. The fraction of sp³-hybridized carbons (Fsp3) is 0.320. The minimum absolute atomic E-state index is 0.0117. The molecule has 0 bridgehead atoms. The lowest BCUT2D eigenvalue weighted by molar-refractivity contribution is -0.620. The monoisotopic (exact) mass is 528 g/mol. The van der Waals surface area contributed by atoms with Gasteiger partial charge in [0.25, 0.3) is 5.91 Å². The van der Waals surface area contributed by atoms with Crippen LogP contribution in [0, 0.1) is 5.21 Å². The Morgan fingerprint density at radius 1 is 1.29 bits per heavy atom. The number of alkyl halides is 3. The average molecular weight is 528 g/mol. The molecule has 1 aliphatic rings. The van der Waals surface area contributed by atoms with Crippen LogP contribution in [0.3, 0.4) is 0 Å². The Labute approximate surface area is 214 Å². The number of methoxy groups -OCH3 is 1. The maximum atomic E-state index is 13.7. The van der Waals surface area contributed by atoms with Crippen LogP contribution in [0.15, 0.2) is 47.1 Å². The number of hydrogen-bond donors (Lipinski definition) is 1. The van der Waals surface area contributed by atoms with Crippen LogP contribution in [-0.4, -0.2) is 39.4 Å². The molecule has 2 atom stereocenters. The van der Waals surface area contributed by atoms with Gasteiger partial charge in [-0.25, -0.2) is 14.7 Å². The molecule has 1 aromatic carbocycles. The number of carbonyl (C=O) groups excluding carboxylic acids is 1. The number of pyridine rings is 1. The van der Waals surface area contributed by atoms with Gasteiger partial charge >= 0.3 is 12.0 Å². The zero-order chi connectivity index (χ0) is 27.2. The van der Waals surface area contributed by atoms with E-state index in [1.54, 1.807) is 13.0 Å². The summed E-state index contributed by atoms with van der Waals surface area (Å²) in [4.78, 5) is 27.5. The van der Waals surface area contributed by atoms with Crippen LogP contribution >= 0.6 is 0 Å². The molecule has 3 aromatic heterocycles. The highest BCUT2D eigenvalue weighted by molar-refractivity contribution is 5.98. The third-order valence-electron chi connectivity index (χ3n) is 6.38. The Kier molecular flexibility index (Phi) is 6.39. The molecule has 1 amide bonds. The molecule has 38 heavy (non-hydrogen) atoms. The first-order valence-electron chi connectivity index (χ1n) is 11.8. The summed E-state index contributed by atoms with van der Waals surface area (Å²) in [5, 5.41) is 12.6. The van der Waals surface area contributed by atoms with Crippen molar-refractivity contribution in [3.63, 3.8) is 0 Å². The van der Waals surface area contributed by atoms with Gasteiger partial charge in [-0.05, 0) is 44.0 Å². The maximum absolute atomic E-state index is 13.7. The number of aromatic nitrogens is 4. The lowest BCUT2D eigenvalue weighted by Gasteiger charge is -2.22. The van der Waals surface area contributed by atoms with E-state index in [1.807, 2.05) is 0 Å². The molecule has 1 aliphatic heterocycles. The molecule has 0 radical (unpaired) electrons. The largest absolute Gasteiger partial charge is 0.711 e. The molecular formula is C25H23F3N6O4. The van der Waals surface area contributed by atoms with Crippen molar-refractivity contribution in [2.45, 2.75) is 38.0 Å². The van der Waals surface area contributed by atoms with Gasteiger partial charge in [0.1, 0.15) is 29.2 Å². The van der Waals surface area contributed by atoms with Crippen molar-refractivity contribution in [3.8, 4) is 17.2 Å². The van der Waals surface area contributed by atoms with Crippen LogP contribution in [0.4, 0.5) is 13.2 Å². The molecule has 0 unspecified atom stereocenters. The Morgan fingerprint density at radius 2 is 2.08 bits per heavy atom. The van der Waals surface area contributed by atoms with Gasteiger partial charge in [0, 0.05) is 23.6 Å². The number of benzene rings is 1. The van der Waals surface area contributed by atoms with E-state index >= 15 is 0 Å². The summed E-state index contributed by atoms with van der Waals surface area (Å²) in [6.07, 6.45) is -0.652. The van der Waals surface area contributed by atoms with Crippen molar-refractivity contribution in [3.05, 3.63) is 70.9 Å². The Hall–Kier alpha value is -4.26. The van der Waals surface area contributed by atoms with Crippen molar-refractivity contribution in [1.82, 2.24) is 19.9 Å². The molecule has 198 valence electrons. The van der Waals surface area contributed by atoms with Gasteiger partial charge in [-0.1, -0.05) is 4.98 Å². The van der Waals surface area contributed by atoms with Crippen LogP contribution < -0.4 is 15.2 Å².